The van der Waals surface area contributed by atoms with Crippen molar-refractivity contribution in [3.8, 4) is 0 Å². The highest BCUT2D eigenvalue weighted by molar-refractivity contribution is 5.69. The molecule has 48 heavy (non-hydrogen) atoms. The molecular formula is C43H75NO4. The molecule has 0 N–H and O–H groups in total. The van der Waals surface area contributed by atoms with Crippen molar-refractivity contribution in [2.75, 3.05) is 33.4 Å². The first-order valence-corrected chi connectivity index (χ1v) is 20.2. The fourth-order valence-corrected chi connectivity index (χ4v) is 6.26. The predicted octanol–water partition coefficient (Wildman–Crippen LogP) is 11.9. The van der Waals surface area contributed by atoms with Crippen LogP contribution < -0.4 is 0 Å². The Balaban J connectivity index is 2.01. The SMILES string of the molecule is CCCCC/C=C\C/C=C\CCCCCCCC(=O)OC[C@H]1CN(C)C[C@@H]1COC(=O)CCCCCCC/C=C\C/C=C\CCCCC. The molecule has 2 atom stereocenters. The molecule has 0 aromatic rings. The number of esters is 2. The zero-order valence-electron chi connectivity index (χ0n) is 31.7. The van der Waals surface area contributed by atoms with Crippen molar-refractivity contribution in [3.63, 3.8) is 0 Å². The molecule has 1 heterocycles. The molecule has 0 saturated carbocycles. The molecule has 1 saturated heterocycles. The number of likely N-dealkylation sites (tertiary alicyclic amines) is 1. The maximum Gasteiger partial charge on any atom is 0.305 e. The molecule has 0 aromatic carbocycles. The highest BCUT2D eigenvalue weighted by Crippen LogP contribution is 2.24. The fraction of sp³-hybridized carbons (Fsp3) is 0.767. The maximum atomic E-state index is 12.4. The first kappa shape index (κ1) is 43.9. The Kier molecular flexibility index (Phi) is 30.5. The second-order valence-electron chi connectivity index (χ2n) is 14.1. The van der Waals surface area contributed by atoms with E-state index in [0.717, 1.165) is 64.5 Å². The smallest absolute Gasteiger partial charge is 0.305 e. The van der Waals surface area contributed by atoms with Crippen LogP contribution in [0.5, 0.6) is 0 Å². The van der Waals surface area contributed by atoms with Crippen molar-refractivity contribution in [3.05, 3.63) is 48.6 Å². The van der Waals surface area contributed by atoms with Crippen LogP contribution >= 0.6 is 0 Å². The Morgan fingerprint density at radius 2 is 0.833 bits per heavy atom. The normalized spacial score (nSPS) is 17.1. The minimum atomic E-state index is -0.0904. The molecule has 1 fully saturated rings. The lowest BCUT2D eigenvalue weighted by atomic mass is 9.98. The Hall–Kier alpha value is -2.14. The van der Waals surface area contributed by atoms with E-state index >= 15 is 0 Å². The van der Waals surface area contributed by atoms with Gasteiger partial charge >= 0.3 is 11.9 Å². The molecule has 276 valence electrons. The van der Waals surface area contributed by atoms with Crippen molar-refractivity contribution < 1.29 is 19.1 Å². The van der Waals surface area contributed by atoms with Gasteiger partial charge in [0.05, 0.1) is 13.2 Å². The standard InChI is InChI=1S/C43H75NO4/c1-4-6-8-10-12-14-16-18-20-22-24-26-28-30-32-34-42(45)47-38-40-36-44(3)37-41(40)39-48-43(46)35-33-31-29-27-25-23-21-19-17-15-13-11-9-7-5-2/h12-15,18-21,40-41H,4-11,16-17,22-39H2,1-3H3/b14-12-,15-13-,20-18-,21-19-/t40-,41-/m1/s1. The number of carbonyl (C=O) groups is 2. The first-order chi connectivity index (χ1) is 23.6. The van der Waals surface area contributed by atoms with Gasteiger partial charge in [-0.3, -0.25) is 9.59 Å². The number of nitrogens with zero attached hydrogens (tertiary/aromatic N) is 1. The molecule has 5 nitrogen and oxygen atoms in total. The Bertz CT molecular complexity index is 806. The van der Waals surface area contributed by atoms with E-state index in [0.29, 0.717) is 26.1 Å². The highest BCUT2D eigenvalue weighted by atomic mass is 16.5. The summed E-state index contributed by atoms with van der Waals surface area (Å²) in [7, 11) is 2.08. The fourth-order valence-electron chi connectivity index (χ4n) is 6.26. The molecule has 0 bridgehead atoms. The molecule has 0 aromatic heterocycles. The maximum absolute atomic E-state index is 12.4. The minimum absolute atomic E-state index is 0.0904. The van der Waals surface area contributed by atoms with Gasteiger partial charge in [0, 0.05) is 37.8 Å². The second-order valence-corrected chi connectivity index (χ2v) is 14.1. The molecule has 1 aliphatic heterocycles. The quantitative estimate of drug-likeness (QED) is 0.0405. The molecule has 0 spiro atoms. The molecule has 0 radical (unpaired) electrons. The lowest BCUT2D eigenvalue weighted by Gasteiger charge is -2.18. The van der Waals surface area contributed by atoms with Gasteiger partial charge in [-0.05, 0) is 84.1 Å². The molecule has 0 amide bonds. The third kappa shape index (κ3) is 27.8. The number of allylic oxidation sites excluding steroid dienone is 8. The van der Waals surface area contributed by atoms with Crippen LogP contribution in [0.15, 0.2) is 48.6 Å². The van der Waals surface area contributed by atoms with Gasteiger partial charge in [0.1, 0.15) is 0 Å². The van der Waals surface area contributed by atoms with Crippen LogP contribution in [0.2, 0.25) is 0 Å². The summed E-state index contributed by atoms with van der Waals surface area (Å²) in [5.74, 6) is 0.277. The van der Waals surface area contributed by atoms with Crippen molar-refractivity contribution in [1.29, 1.82) is 0 Å². The van der Waals surface area contributed by atoms with Gasteiger partial charge in [-0.2, -0.15) is 0 Å². The number of carbonyl (C=O) groups excluding carboxylic acids is 2. The lowest BCUT2D eigenvalue weighted by Crippen LogP contribution is -2.25. The van der Waals surface area contributed by atoms with E-state index < -0.39 is 0 Å². The summed E-state index contributed by atoms with van der Waals surface area (Å²) >= 11 is 0. The topological polar surface area (TPSA) is 55.8 Å². The van der Waals surface area contributed by atoms with E-state index in [9.17, 15) is 9.59 Å². The summed E-state index contributed by atoms with van der Waals surface area (Å²) in [5.41, 5.74) is 0. The van der Waals surface area contributed by atoms with Gasteiger partial charge in [-0.1, -0.05) is 127 Å². The summed E-state index contributed by atoms with van der Waals surface area (Å²) in [4.78, 5) is 27.0. The van der Waals surface area contributed by atoms with Crippen LogP contribution in [0, 0.1) is 11.8 Å². The lowest BCUT2D eigenvalue weighted by molar-refractivity contribution is -0.149. The van der Waals surface area contributed by atoms with Crippen LogP contribution in [-0.2, 0) is 19.1 Å². The summed E-state index contributed by atoms with van der Waals surface area (Å²) in [5, 5.41) is 0. The van der Waals surface area contributed by atoms with E-state index in [2.05, 4.69) is 74.4 Å². The Morgan fingerprint density at radius 1 is 0.500 bits per heavy atom. The van der Waals surface area contributed by atoms with Gasteiger partial charge in [-0.25, -0.2) is 0 Å². The van der Waals surface area contributed by atoms with E-state index in [1.54, 1.807) is 0 Å². The number of hydrogen-bond acceptors (Lipinski definition) is 5. The van der Waals surface area contributed by atoms with Gasteiger partial charge in [0.15, 0.2) is 0 Å². The second kappa shape index (κ2) is 33.4. The molecule has 1 aliphatic rings. The van der Waals surface area contributed by atoms with Crippen LogP contribution in [0.4, 0.5) is 0 Å². The van der Waals surface area contributed by atoms with Gasteiger partial charge in [0.25, 0.3) is 0 Å². The zero-order chi connectivity index (χ0) is 34.8. The summed E-state index contributed by atoms with van der Waals surface area (Å²) < 4.78 is 11.3. The zero-order valence-corrected chi connectivity index (χ0v) is 31.7. The van der Waals surface area contributed by atoms with E-state index in [-0.39, 0.29) is 23.8 Å². The van der Waals surface area contributed by atoms with Crippen LogP contribution in [0.25, 0.3) is 0 Å². The average Bonchev–Trinajstić information content (AvgIpc) is 3.45. The number of unbranched alkanes of at least 4 members (excludes halogenated alkanes) is 16. The minimum Gasteiger partial charge on any atom is -0.465 e. The average molecular weight is 670 g/mol. The van der Waals surface area contributed by atoms with Crippen molar-refractivity contribution in [2.45, 2.75) is 168 Å². The summed E-state index contributed by atoms with van der Waals surface area (Å²) in [6.45, 7) is 7.10. The summed E-state index contributed by atoms with van der Waals surface area (Å²) in [6, 6.07) is 0. The molecular weight excluding hydrogens is 594 g/mol. The molecule has 1 rings (SSSR count). The third-order valence-electron chi connectivity index (χ3n) is 9.34. The van der Waals surface area contributed by atoms with E-state index in [1.165, 1.54) is 89.9 Å². The number of hydrogen-bond donors (Lipinski definition) is 0. The van der Waals surface area contributed by atoms with Crippen molar-refractivity contribution >= 4 is 11.9 Å². The summed E-state index contributed by atoms with van der Waals surface area (Å²) in [6.07, 6.45) is 45.2. The first-order valence-electron chi connectivity index (χ1n) is 20.2. The van der Waals surface area contributed by atoms with Gasteiger partial charge in [-0.15, -0.1) is 0 Å². The molecule has 0 unspecified atom stereocenters. The van der Waals surface area contributed by atoms with Crippen LogP contribution in [0.3, 0.4) is 0 Å². The Morgan fingerprint density at radius 3 is 1.21 bits per heavy atom. The number of rotatable bonds is 32. The van der Waals surface area contributed by atoms with Gasteiger partial charge < -0.3 is 14.4 Å². The van der Waals surface area contributed by atoms with Gasteiger partial charge in [0.2, 0.25) is 0 Å². The van der Waals surface area contributed by atoms with Crippen LogP contribution in [-0.4, -0.2) is 50.2 Å². The number of ether oxygens (including phenoxy) is 2. The largest absolute Gasteiger partial charge is 0.465 e. The highest BCUT2D eigenvalue weighted by Gasteiger charge is 2.32. The monoisotopic (exact) mass is 670 g/mol. The van der Waals surface area contributed by atoms with Crippen molar-refractivity contribution in [1.82, 2.24) is 4.90 Å². The third-order valence-corrected chi connectivity index (χ3v) is 9.34. The molecule has 0 aliphatic carbocycles. The Labute approximate surface area is 297 Å². The molecule has 5 heteroatoms. The van der Waals surface area contributed by atoms with E-state index in [4.69, 9.17) is 9.47 Å². The van der Waals surface area contributed by atoms with Crippen molar-refractivity contribution in [2.24, 2.45) is 11.8 Å². The van der Waals surface area contributed by atoms with Crippen LogP contribution in [0.1, 0.15) is 168 Å². The predicted molar refractivity (Wildman–Crippen MR) is 205 cm³/mol. The van der Waals surface area contributed by atoms with E-state index in [1.807, 2.05) is 0 Å².